The summed E-state index contributed by atoms with van der Waals surface area (Å²) in [6.07, 6.45) is 8.09. The fourth-order valence-corrected chi connectivity index (χ4v) is 4.99. The van der Waals surface area contributed by atoms with Crippen LogP contribution >= 0.6 is 0 Å². The minimum Gasteiger partial charge on any atom is -0.496 e. The summed E-state index contributed by atoms with van der Waals surface area (Å²) < 4.78 is 7.59. The van der Waals surface area contributed by atoms with Crippen LogP contribution in [0.3, 0.4) is 0 Å². The second-order valence-electron chi connectivity index (χ2n) is 9.37. The molecule has 0 amide bonds. The summed E-state index contributed by atoms with van der Waals surface area (Å²) in [5.41, 5.74) is 9.33. The lowest BCUT2D eigenvalue weighted by molar-refractivity contribution is 0.163. The smallest absolute Gasteiger partial charge is 0.222 e. The first-order chi connectivity index (χ1) is 17.6. The highest BCUT2D eigenvalue weighted by Gasteiger charge is 2.23. The van der Waals surface area contributed by atoms with E-state index in [0.717, 1.165) is 67.8 Å². The van der Waals surface area contributed by atoms with Crippen molar-refractivity contribution >= 4 is 22.8 Å². The predicted octanol–water partition coefficient (Wildman–Crippen LogP) is 2.00. The molecule has 1 aliphatic heterocycles. The Labute approximate surface area is 211 Å². The van der Waals surface area contributed by atoms with Gasteiger partial charge in [-0.15, -0.1) is 0 Å². The van der Waals surface area contributed by atoms with Gasteiger partial charge in [-0.3, -0.25) is 9.67 Å². The number of pyridine rings is 1. The van der Waals surface area contributed by atoms with Crippen molar-refractivity contribution in [3.05, 3.63) is 29.7 Å². The number of likely N-dealkylation sites (tertiary alicyclic amines) is 1. The average Bonchev–Trinajstić information content (AvgIpc) is 3.27. The summed E-state index contributed by atoms with van der Waals surface area (Å²) in [6, 6.07) is 2.11. The number of β-amino-alcohol motifs (C(OH)–C–C–N with tert-alkyl or cyclic N) is 1. The van der Waals surface area contributed by atoms with Crippen molar-refractivity contribution in [3.8, 4) is 5.75 Å². The molecule has 0 radical (unpaired) electrons. The number of rotatable bonds is 12. The Morgan fingerprint density at radius 1 is 1.17 bits per heavy atom. The minimum atomic E-state index is 0.0696. The molecule has 0 aromatic carbocycles. The van der Waals surface area contributed by atoms with E-state index in [-0.39, 0.29) is 25.2 Å². The number of anilines is 2. The number of aliphatic hydroxyl groups excluding tert-OH is 2. The molecule has 36 heavy (non-hydrogen) atoms. The van der Waals surface area contributed by atoms with Gasteiger partial charge in [-0.25, -0.2) is 4.98 Å². The Morgan fingerprint density at radius 2 is 1.97 bits per heavy atom. The fraction of sp³-hybridized carbons (Fsp3) is 0.600. The maximum Gasteiger partial charge on any atom is 0.222 e. The number of aromatic nitrogens is 5. The maximum atomic E-state index is 9.48. The average molecular weight is 499 g/mol. The largest absolute Gasteiger partial charge is 0.496 e. The van der Waals surface area contributed by atoms with Gasteiger partial charge in [-0.2, -0.15) is 10.1 Å². The highest BCUT2D eigenvalue weighted by atomic mass is 16.5. The molecule has 0 spiro atoms. The molecule has 11 nitrogen and oxygen atoms in total. The number of ether oxygens (including phenoxy) is 1. The molecule has 4 rings (SSSR count). The fourth-order valence-electron chi connectivity index (χ4n) is 4.99. The molecular formula is C25H38N8O3. The van der Waals surface area contributed by atoms with Crippen LogP contribution < -0.4 is 15.8 Å². The van der Waals surface area contributed by atoms with Crippen LogP contribution in [0.25, 0.3) is 11.0 Å². The number of piperidine rings is 1. The number of hydrogen-bond donors (Lipinski definition) is 4. The standard InChI is InChI=1S/C25H38N8O3/c1-3-4-19(7-11-34)29-24-23-21(30-25(26)31-24)15-28-33(23)16-18-14-27-20(13-22(18)36-2)17-5-8-32(9-6-17)10-12-35/h13-15,17,19,34-35H,3-12,16H2,1-2H3,(H3,26,29,30,31). The number of nitrogens with two attached hydrogens (primary N) is 1. The Morgan fingerprint density at radius 3 is 2.67 bits per heavy atom. The van der Waals surface area contributed by atoms with Gasteiger partial charge in [0.05, 0.1) is 26.5 Å². The number of nitrogen functional groups attached to an aromatic ring is 1. The van der Waals surface area contributed by atoms with Gasteiger partial charge >= 0.3 is 0 Å². The Balaban J connectivity index is 1.58. The van der Waals surface area contributed by atoms with Gasteiger partial charge in [0.15, 0.2) is 5.82 Å². The van der Waals surface area contributed by atoms with E-state index in [1.807, 2.05) is 16.9 Å². The second kappa shape index (κ2) is 12.3. The molecule has 4 heterocycles. The van der Waals surface area contributed by atoms with E-state index >= 15 is 0 Å². The molecule has 196 valence electrons. The molecule has 1 aliphatic rings. The van der Waals surface area contributed by atoms with E-state index in [0.29, 0.717) is 30.2 Å². The third-order valence-corrected chi connectivity index (χ3v) is 6.89. The minimum absolute atomic E-state index is 0.0696. The van der Waals surface area contributed by atoms with Crippen LogP contribution in [-0.4, -0.2) is 85.8 Å². The van der Waals surface area contributed by atoms with Crippen LogP contribution in [0, 0.1) is 0 Å². The Bertz CT molecular complexity index is 1120. The summed E-state index contributed by atoms with van der Waals surface area (Å²) in [7, 11) is 1.68. The zero-order valence-electron chi connectivity index (χ0n) is 21.2. The molecule has 1 atom stereocenters. The number of nitrogens with zero attached hydrogens (tertiary/aromatic N) is 6. The molecule has 1 fully saturated rings. The van der Waals surface area contributed by atoms with Crippen molar-refractivity contribution in [2.75, 3.05) is 51.0 Å². The third-order valence-electron chi connectivity index (χ3n) is 6.89. The molecule has 1 unspecified atom stereocenters. The molecule has 3 aromatic heterocycles. The highest BCUT2D eigenvalue weighted by molar-refractivity contribution is 5.86. The van der Waals surface area contributed by atoms with Crippen molar-refractivity contribution in [3.63, 3.8) is 0 Å². The van der Waals surface area contributed by atoms with Crippen molar-refractivity contribution < 1.29 is 14.9 Å². The first kappa shape index (κ1) is 26.1. The molecule has 1 saturated heterocycles. The van der Waals surface area contributed by atoms with E-state index in [9.17, 15) is 10.2 Å². The zero-order valence-corrected chi connectivity index (χ0v) is 21.2. The van der Waals surface area contributed by atoms with Crippen molar-refractivity contribution in [1.29, 1.82) is 0 Å². The molecule has 0 bridgehead atoms. The lowest BCUT2D eigenvalue weighted by atomic mass is 9.92. The topological polar surface area (TPSA) is 147 Å². The van der Waals surface area contributed by atoms with Crippen molar-refractivity contribution in [2.24, 2.45) is 0 Å². The van der Waals surface area contributed by atoms with Gasteiger partial charge in [0.1, 0.15) is 16.8 Å². The van der Waals surface area contributed by atoms with Gasteiger partial charge in [0, 0.05) is 48.6 Å². The molecule has 0 aliphatic carbocycles. The maximum absolute atomic E-state index is 9.48. The van der Waals surface area contributed by atoms with Gasteiger partial charge in [-0.1, -0.05) is 13.3 Å². The SMILES string of the molecule is CCCC(CCO)Nc1nc(N)nc2cnn(Cc3cnc(C4CCN(CCO)CC4)cc3OC)c12. The van der Waals surface area contributed by atoms with Crippen molar-refractivity contribution in [1.82, 2.24) is 29.6 Å². The quantitative estimate of drug-likeness (QED) is 0.292. The predicted molar refractivity (Wildman–Crippen MR) is 139 cm³/mol. The summed E-state index contributed by atoms with van der Waals surface area (Å²) in [5.74, 6) is 1.94. The normalized spacial score (nSPS) is 15.9. The summed E-state index contributed by atoms with van der Waals surface area (Å²) >= 11 is 0. The first-order valence-corrected chi connectivity index (χ1v) is 12.8. The monoisotopic (exact) mass is 498 g/mol. The summed E-state index contributed by atoms with van der Waals surface area (Å²) in [5, 5.41) is 26.7. The zero-order chi connectivity index (χ0) is 25.5. The first-order valence-electron chi connectivity index (χ1n) is 12.8. The molecule has 0 saturated carbocycles. The highest BCUT2D eigenvalue weighted by Crippen LogP contribution is 2.31. The number of aliphatic hydroxyl groups is 2. The summed E-state index contributed by atoms with van der Waals surface area (Å²) in [6.45, 7) is 5.50. The summed E-state index contributed by atoms with van der Waals surface area (Å²) in [4.78, 5) is 15.9. The lowest BCUT2D eigenvalue weighted by Gasteiger charge is -2.31. The molecule has 11 heteroatoms. The van der Waals surface area contributed by atoms with E-state index in [2.05, 4.69) is 32.2 Å². The van der Waals surface area contributed by atoms with Crippen LogP contribution in [0.4, 0.5) is 11.8 Å². The van der Waals surface area contributed by atoms with Crippen LogP contribution in [-0.2, 0) is 6.54 Å². The number of hydrogen-bond acceptors (Lipinski definition) is 10. The number of methoxy groups -OCH3 is 1. The third kappa shape index (κ3) is 6.03. The van der Waals surface area contributed by atoms with Crippen LogP contribution in [0.15, 0.2) is 18.5 Å². The van der Waals surface area contributed by atoms with E-state index < -0.39 is 0 Å². The number of nitrogens with one attached hydrogen (secondary N) is 1. The molecular weight excluding hydrogens is 460 g/mol. The van der Waals surface area contributed by atoms with Crippen molar-refractivity contribution in [2.45, 2.75) is 57.5 Å². The Hall–Kier alpha value is -3.02. The Kier molecular flexibility index (Phi) is 8.89. The van der Waals surface area contributed by atoms with Gasteiger partial charge in [-0.05, 0) is 38.8 Å². The van der Waals surface area contributed by atoms with Crippen LogP contribution in [0.1, 0.15) is 56.2 Å². The van der Waals surface area contributed by atoms with Crippen LogP contribution in [0.2, 0.25) is 0 Å². The second-order valence-corrected chi connectivity index (χ2v) is 9.37. The molecule has 5 N–H and O–H groups in total. The van der Waals surface area contributed by atoms with E-state index in [1.54, 1.807) is 13.3 Å². The van der Waals surface area contributed by atoms with Gasteiger partial charge < -0.3 is 30.9 Å². The van der Waals surface area contributed by atoms with Gasteiger partial charge in [0.2, 0.25) is 5.95 Å². The van der Waals surface area contributed by atoms with E-state index in [4.69, 9.17) is 15.5 Å². The van der Waals surface area contributed by atoms with E-state index in [1.165, 1.54) is 0 Å². The van der Waals surface area contributed by atoms with Gasteiger partial charge in [0.25, 0.3) is 0 Å². The van der Waals surface area contributed by atoms with Crippen LogP contribution in [0.5, 0.6) is 5.75 Å². The lowest BCUT2D eigenvalue weighted by Crippen LogP contribution is -2.35. The molecule has 3 aromatic rings. The number of fused-ring (bicyclic) bond motifs is 1.